The number of rotatable bonds is 4. The Labute approximate surface area is 118 Å². The number of benzene rings is 1. The largest absolute Gasteiger partial charge is 0.353 e. The summed E-state index contributed by atoms with van der Waals surface area (Å²) in [4.78, 5) is 24.3. The molecule has 2 amide bonds. The predicted octanol–water partition coefficient (Wildman–Crippen LogP) is 1.80. The average Bonchev–Trinajstić information content (AvgIpc) is 3.19. The van der Waals surface area contributed by atoms with Gasteiger partial charge >= 0.3 is 0 Å². The minimum atomic E-state index is -0.938. The number of nitriles is 1. The molecule has 5 nitrogen and oxygen atoms in total. The van der Waals surface area contributed by atoms with Crippen LogP contribution >= 0.6 is 0 Å². The van der Waals surface area contributed by atoms with Gasteiger partial charge in [-0.1, -0.05) is 6.07 Å². The van der Waals surface area contributed by atoms with Gasteiger partial charge in [-0.05, 0) is 44.9 Å². The first-order valence-electron chi connectivity index (χ1n) is 6.60. The lowest BCUT2D eigenvalue weighted by atomic mass is 10.0. The van der Waals surface area contributed by atoms with Crippen LogP contribution in [0.2, 0.25) is 0 Å². The summed E-state index contributed by atoms with van der Waals surface area (Å²) >= 11 is 0. The quantitative estimate of drug-likeness (QED) is 0.819. The van der Waals surface area contributed by atoms with Gasteiger partial charge in [-0.15, -0.1) is 0 Å². The van der Waals surface area contributed by atoms with Crippen LogP contribution in [0.3, 0.4) is 0 Å². The predicted molar refractivity (Wildman–Crippen MR) is 74.7 cm³/mol. The molecule has 0 atom stereocenters. The Kier molecular flexibility index (Phi) is 3.75. The number of amides is 2. The minimum Gasteiger partial charge on any atom is -0.353 e. The van der Waals surface area contributed by atoms with Gasteiger partial charge in [0.1, 0.15) is 5.41 Å². The molecule has 1 fully saturated rings. The van der Waals surface area contributed by atoms with Crippen molar-refractivity contribution < 1.29 is 9.59 Å². The number of nitrogens with one attached hydrogen (secondary N) is 2. The van der Waals surface area contributed by atoms with Crippen molar-refractivity contribution in [3.63, 3.8) is 0 Å². The molecule has 0 heterocycles. The Hall–Kier alpha value is -2.35. The molecule has 0 spiro atoms. The van der Waals surface area contributed by atoms with Crippen molar-refractivity contribution in [2.24, 2.45) is 5.41 Å². The lowest BCUT2D eigenvalue weighted by Gasteiger charge is -2.17. The Morgan fingerprint density at radius 3 is 2.55 bits per heavy atom. The lowest BCUT2D eigenvalue weighted by Crippen LogP contribution is -2.42. The molecule has 1 aliphatic carbocycles. The van der Waals surface area contributed by atoms with E-state index in [9.17, 15) is 9.59 Å². The van der Waals surface area contributed by atoms with Crippen molar-refractivity contribution in [2.45, 2.75) is 32.7 Å². The molecule has 1 aromatic carbocycles. The van der Waals surface area contributed by atoms with Crippen LogP contribution in [0.15, 0.2) is 24.3 Å². The molecular formula is C15H17N3O2. The molecule has 2 N–H and O–H groups in total. The molecule has 2 rings (SSSR count). The topological polar surface area (TPSA) is 82.0 Å². The molecule has 0 radical (unpaired) electrons. The zero-order chi connectivity index (χ0) is 14.8. The van der Waals surface area contributed by atoms with E-state index in [0.717, 1.165) is 0 Å². The highest BCUT2D eigenvalue weighted by atomic mass is 16.2. The molecule has 0 aliphatic heterocycles. The van der Waals surface area contributed by atoms with E-state index in [1.54, 1.807) is 24.3 Å². The van der Waals surface area contributed by atoms with Crippen LogP contribution in [0, 0.1) is 16.7 Å². The Balaban J connectivity index is 2.08. The summed E-state index contributed by atoms with van der Waals surface area (Å²) in [5.41, 5.74) is 0.0735. The van der Waals surface area contributed by atoms with Crippen LogP contribution in [-0.2, 0) is 9.59 Å². The standard InChI is InChI=1S/C15H17N3O2/c1-10(2)17-13(19)15(6-7-15)14(20)18-12-5-3-4-11(8-12)9-16/h3-5,8,10H,6-7H2,1-2H3,(H,17,19)(H,18,20). The normalized spacial score (nSPS) is 15.3. The fraction of sp³-hybridized carbons (Fsp3) is 0.400. The fourth-order valence-corrected chi connectivity index (χ4v) is 2.00. The van der Waals surface area contributed by atoms with Crippen molar-refractivity contribution in [3.8, 4) is 6.07 Å². The minimum absolute atomic E-state index is 0.00897. The second-order valence-corrected chi connectivity index (χ2v) is 5.36. The van der Waals surface area contributed by atoms with Crippen LogP contribution in [-0.4, -0.2) is 17.9 Å². The van der Waals surface area contributed by atoms with E-state index in [2.05, 4.69) is 10.6 Å². The third-order valence-electron chi connectivity index (χ3n) is 3.29. The molecule has 0 unspecified atom stereocenters. The van der Waals surface area contributed by atoms with Gasteiger partial charge in [-0.2, -0.15) is 5.26 Å². The second kappa shape index (κ2) is 5.33. The Morgan fingerprint density at radius 1 is 1.30 bits per heavy atom. The van der Waals surface area contributed by atoms with Crippen molar-refractivity contribution in [1.82, 2.24) is 5.32 Å². The number of nitrogens with zero attached hydrogens (tertiary/aromatic N) is 1. The highest BCUT2D eigenvalue weighted by Gasteiger charge is 2.56. The number of carbonyl (C=O) groups excluding carboxylic acids is 2. The molecule has 1 aromatic rings. The van der Waals surface area contributed by atoms with Gasteiger partial charge in [-0.3, -0.25) is 9.59 Å². The van der Waals surface area contributed by atoms with Crippen LogP contribution in [0.1, 0.15) is 32.3 Å². The van der Waals surface area contributed by atoms with Gasteiger partial charge in [0.25, 0.3) is 0 Å². The fourth-order valence-electron chi connectivity index (χ4n) is 2.00. The van der Waals surface area contributed by atoms with E-state index < -0.39 is 5.41 Å². The van der Waals surface area contributed by atoms with E-state index in [1.807, 2.05) is 19.9 Å². The number of hydrogen-bond donors (Lipinski definition) is 2. The summed E-state index contributed by atoms with van der Waals surface area (Å²) in [6, 6.07) is 8.67. The highest BCUT2D eigenvalue weighted by Crippen LogP contribution is 2.46. The SMILES string of the molecule is CC(C)NC(=O)C1(C(=O)Nc2cccc(C#N)c2)CC1. The number of anilines is 1. The monoisotopic (exact) mass is 271 g/mol. The molecule has 104 valence electrons. The molecule has 20 heavy (non-hydrogen) atoms. The van der Waals surface area contributed by atoms with E-state index in [4.69, 9.17) is 5.26 Å². The van der Waals surface area contributed by atoms with Crippen molar-refractivity contribution in [1.29, 1.82) is 5.26 Å². The van der Waals surface area contributed by atoms with Crippen molar-refractivity contribution in [3.05, 3.63) is 29.8 Å². The summed E-state index contributed by atoms with van der Waals surface area (Å²) in [6.07, 6.45) is 1.13. The van der Waals surface area contributed by atoms with Gasteiger partial charge in [-0.25, -0.2) is 0 Å². The summed E-state index contributed by atoms with van der Waals surface area (Å²) < 4.78 is 0. The maximum absolute atomic E-state index is 12.3. The first-order valence-corrected chi connectivity index (χ1v) is 6.60. The molecule has 1 saturated carbocycles. The van der Waals surface area contributed by atoms with E-state index in [0.29, 0.717) is 24.1 Å². The zero-order valence-electron chi connectivity index (χ0n) is 11.6. The Morgan fingerprint density at radius 2 is 2.00 bits per heavy atom. The maximum Gasteiger partial charge on any atom is 0.240 e. The van der Waals surface area contributed by atoms with Gasteiger partial charge in [0.2, 0.25) is 11.8 Å². The average molecular weight is 271 g/mol. The first kappa shape index (κ1) is 14.1. The summed E-state index contributed by atoms with van der Waals surface area (Å²) in [7, 11) is 0. The van der Waals surface area contributed by atoms with Crippen LogP contribution in [0.5, 0.6) is 0 Å². The summed E-state index contributed by atoms with van der Waals surface area (Å²) in [5.74, 6) is -0.521. The van der Waals surface area contributed by atoms with Gasteiger partial charge in [0.05, 0.1) is 11.6 Å². The maximum atomic E-state index is 12.3. The van der Waals surface area contributed by atoms with Gasteiger partial charge in [0, 0.05) is 11.7 Å². The molecule has 0 saturated heterocycles. The smallest absolute Gasteiger partial charge is 0.240 e. The van der Waals surface area contributed by atoms with Crippen LogP contribution in [0.25, 0.3) is 0 Å². The van der Waals surface area contributed by atoms with Gasteiger partial charge in [0.15, 0.2) is 0 Å². The first-order chi connectivity index (χ1) is 9.48. The summed E-state index contributed by atoms with van der Waals surface area (Å²) in [6.45, 7) is 3.73. The van der Waals surface area contributed by atoms with Crippen LogP contribution < -0.4 is 10.6 Å². The van der Waals surface area contributed by atoms with Crippen LogP contribution in [0.4, 0.5) is 5.69 Å². The zero-order valence-corrected chi connectivity index (χ0v) is 11.6. The summed E-state index contributed by atoms with van der Waals surface area (Å²) in [5, 5.41) is 14.3. The molecule has 5 heteroatoms. The third kappa shape index (κ3) is 2.80. The van der Waals surface area contributed by atoms with E-state index in [1.165, 1.54) is 0 Å². The Bertz CT molecular complexity index is 583. The molecule has 1 aliphatic rings. The number of carbonyl (C=O) groups is 2. The van der Waals surface area contributed by atoms with Gasteiger partial charge < -0.3 is 10.6 Å². The highest BCUT2D eigenvalue weighted by molar-refractivity contribution is 6.13. The molecular weight excluding hydrogens is 254 g/mol. The molecule has 0 bridgehead atoms. The van der Waals surface area contributed by atoms with E-state index >= 15 is 0 Å². The lowest BCUT2D eigenvalue weighted by molar-refractivity contribution is -0.134. The third-order valence-corrected chi connectivity index (χ3v) is 3.29. The second-order valence-electron chi connectivity index (χ2n) is 5.36. The number of hydrogen-bond acceptors (Lipinski definition) is 3. The van der Waals surface area contributed by atoms with E-state index in [-0.39, 0.29) is 17.9 Å². The van der Waals surface area contributed by atoms with Crippen molar-refractivity contribution in [2.75, 3.05) is 5.32 Å². The van der Waals surface area contributed by atoms with Crippen molar-refractivity contribution >= 4 is 17.5 Å². The molecule has 0 aromatic heterocycles.